The Kier molecular flexibility index (Phi) is 1.94. The molecule has 0 amide bonds. The van der Waals surface area contributed by atoms with Crippen molar-refractivity contribution in [1.29, 1.82) is 0 Å². The molecule has 0 aliphatic rings. The van der Waals surface area contributed by atoms with Crippen LogP contribution in [0, 0.1) is 0 Å². The second kappa shape index (κ2) is 2.74. The van der Waals surface area contributed by atoms with Crippen molar-refractivity contribution in [2.24, 2.45) is 7.05 Å². The van der Waals surface area contributed by atoms with Crippen LogP contribution in [0.3, 0.4) is 0 Å². The highest BCUT2D eigenvalue weighted by Crippen LogP contribution is 2.00. The van der Waals surface area contributed by atoms with Crippen LogP contribution in [0.25, 0.3) is 0 Å². The van der Waals surface area contributed by atoms with E-state index in [0.717, 1.165) is 0 Å². The molecule has 0 N–H and O–H groups in total. The fourth-order valence-electron chi connectivity index (χ4n) is 0.820. The van der Waals surface area contributed by atoms with Gasteiger partial charge < -0.3 is 9.90 Å². The number of carboxylic acid groups (broad SMARTS) is 1. The summed E-state index contributed by atoms with van der Waals surface area (Å²) in [5.74, 6) is -1.07. The van der Waals surface area contributed by atoms with Crippen LogP contribution in [0.4, 0.5) is 0 Å². The molecule has 1 atom stereocenters. The van der Waals surface area contributed by atoms with Gasteiger partial charge in [0.25, 0.3) is 0 Å². The minimum Gasteiger partial charge on any atom is -0.546 e. The molecule has 1 rings (SSSR count). The van der Waals surface area contributed by atoms with E-state index in [1.165, 1.54) is 0 Å². The molecule has 0 aliphatic heterocycles. The first-order valence-corrected chi connectivity index (χ1v) is 3.35. The summed E-state index contributed by atoms with van der Waals surface area (Å²) in [7, 11) is 1.83. The standard InChI is InChI=1S/C7H10N2O2/c1-6(7(10)11)9-4-3-8(2)5-9/h3-6H,1-2H3. The number of aromatic nitrogens is 2. The van der Waals surface area contributed by atoms with Gasteiger partial charge in [0.15, 0.2) is 0 Å². The van der Waals surface area contributed by atoms with E-state index in [0.29, 0.717) is 0 Å². The lowest BCUT2D eigenvalue weighted by molar-refractivity contribution is -0.671. The summed E-state index contributed by atoms with van der Waals surface area (Å²) in [5, 5.41) is 10.4. The lowest BCUT2D eigenvalue weighted by Crippen LogP contribution is -2.32. The van der Waals surface area contributed by atoms with Crippen LogP contribution in [-0.2, 0) is 11.8 Å². The summed E-state index contributed by atoms with van der Waals surface area (Å²) in [6, 6.07) is -0.601. The number of carbonyl (C=O) groups is 1. The van der Waals surface area contributed by atoms with Crippen LogP contribution in [-0.4, -0.2) is 10.5 Å². The molecule has 0 bridgehead atoms. The minimum atomic E-state index is -1.07. The number of hydrogen-bond acceptors (Lipinski definition) is 2. The van der Waals surface area contributed by atoms with Crippen LogP contribution in [0.2, 0.25) is 0 Å². The third kappa shape index (κ3) is 1.58. The third-order valence-electron chi connectivity index (χ3n) is 1.58. The fourth-order valence-corrected chi connectivity index (χ4v) is 0.820. The van der Waals surface area contributed by atoms with E-state index in [2.05, 4.69) is 0 Å². The van der Waals surface area contributed by atoms with Crippen molar-refractivity contribution in [1.82, 2.24) is 4.57 Å². The molecule has 4 nitrogen and oxygen atoms in total. The number of carboxylic acids is 1. The molecule has 0 saturated heterocycles. The summed E-state index contributed by atoms with van der Waals surface area (Å²) in [5.41, 5.74) is 0. The number of rotatable bonds is 2. The van der Waals surface area contributed by atoms with E-state index in [1.807, 2.05) is 7.05 Å². The molecule has 1 aromatic rings. The summed E-state index contributed by atoms with van der Waals surface area (Å²) < 4.78 is 3.36. The first kappa shape index (κ1) is 7.78. The number of carbonyl (C=O) groups excluding carboxylic acids is 1. The second-order valence-electron chi connectivity index (χ2n) is 2.52. The van der Waals surface area contributed by atoms with E-state index < -0.39 is 12.0 Å². The fraction of sp³-hybridized carbons (Fsp3) is 0.429. The van der Waals surface area contributed by atoms with Gasteiger partial charge in [-0.05, 0) is 6.92 Å². The molecule has 0 aliphatic carbocycles. The Morgan fingerprint density at radius 1 is 1.73 bits per heavy atom. The first-order chi connectivity index (χ1) is 5.11. The molecule has 0 radical (unpaired) electrons. The first-order valence-electron chi connectivity index (χ1n) is 3.35. The van der Waals surface area contributed by atoms with Gasteiger partial charge in [-0.25, -0.2) is 9.13 Å². The van der Waals surface area contributed by atoms with Crippen LogP contribution in [0.5, 0.6) is 0 Å². The molecule has 1 heterocycles. The van der Waals surface area contributed by atoms with Crippen molar-refractivity contribution in [3.05, 3.63) is 18.7 Å². The van der Waals surface area contributed by atoms with Gasteiger partial charge in [0, 0.05) is 0 Å². The maximum Gasteiger partial charge on any atom is 0.244 e. The Hall–Kier alpha value is -1.32. The zero-order valence-corrected chi connectivity index (χ0v) is 6.52. The second-order valence-corrected chi connectivity index (χ2v) is 2.52. The Morgan fingerprint density at radius 2 is 2.36 bits per heavy atom. The Bertz CT molecular complexity index is 267. The highest BCUT2D eigenvalue weighted by atomic mass is 16.4. The number of aliphatic carboxylic acids is 1. The predicted molar refractivity (Wildman–Crippen MR) is 35.3 cm³/mol. The van der Waals surface area contributed by atoms with E-state index in [9.17, 15) is 9.90 Å². The van der Waals surface area contributed by atoms with Gasteiger partial charge in [-0.2, -0.15) is 0 Å². The highest BCUT2D eigenvalue weighted by Gasteiger charge is 2.10. The average molecular weight is 154 g/mol. The van der Waals surface area contributed by atoms with Crippen LogP contribution >= 0.6 is 0 Å². The van der Waals surface area contributed by atoms with Gasteiger partial charge in [-0.1, -0.05) is 0 Å². The molecule has 60 valence electrons. The molecular weight excluding hydrogens is 144 g/mol. The minimum absolute atomic E-state index is 0.601. The van der Waals surface area contributed by atoms with Crippen molar-refractivity contribution >= 4 is 5.97 Å². The normalized spacial score (nSPS) is 12.9. The van der Waals surface area contributed by atoms with Crippen LogP contribution < -0.4 is 9.67 Å². The monoisotopic (exact) mass is 154 g/mol. The van der Waals surface area contributed by atoms with E-state index in [-0.39, 0.29) is 0 Å². The molecular formula is C7H10N2O2. The van der Waals surface area contributed by atoms with Crippen molar-refractivity contribution in [2.45, 2.75) is 13.0 Å². The lowest BCUT2D eigenvalue weighted by Gasteiger charge is -2.07. The maximum absolute atomic E-state index is 10.4. The van der Waals surface area contributed by atoms with Crippen molar-refractivity contribution in [3.63, 3.8) is 0 Å². The zero-order valence-electron chi connectivity index (χ0n) is 6.52. The van der Waals surface area contributed by atoms with E-state index >= 15 is 0 Å². The number of imidazole rings is 1. The van der Waals surface area contributed by atoms with E-state index in [4.69, 9.17) is 0 Å². The summed E-state index contributed by atoms with van der Waals surface area (Å²) in [4.78, 5) is 10.4. The molecule has 1 aromatic heterocycles. The van der Waals surface area contributed by atoms with Crippen molar-refractivity contribution in [3.8, 4) is 0 Å². The summed E-state index contributed by atoms with van der Waals surface area (Å²) in [6.45, 7) is 1.58. The van der Waals surface area contributed by atoms with Crippen molar-refractivity contribution < 1.29 is 14.5 Å². The molecule has 0 saturated carbocycles. The van der Waals surface area contributed by atoms with Gasteiger partial charge in [0.2, 0.25) is 6.33 Å². The molecule has 11 heavy (non-hydrogen) atoms. The van der Waals surface area contributed by atoms with Gasteiger partial charge in [0.1, 0.15) is 18.4 Å². The van der Waals surface area contributed by atoms with Crippen molar-refractivity contribution in [2.75, 3.05) is 0 Å². The lowest BCUT2D eigenvalue weighted by atomic mass is 10.3. The SMILES string of the molecule is CC(C(=O)[O-])n1cc[n+](C)c1. The molecule has 4 heteroatoms. The van der Waals surface area contributed by atoms with Gasteiger partial charge in [0.05, 0.1) is 13.0 Å². The quantitative estimate of drug-likeness (QED) is 0.493. The van der Waals surface area contributed by atoms with Gasteiger partial charge in [-0.15, -0.1) is 0 Å². The Morgan fingerprint density at radius 3 is 2.73 bits per heavy atom. The van der Waals surface area contributed by atoms with Gasteiger partial charge in [-0.3, -0.25) is 0 Å². The van der Waals surface area contributed by atoms with Gasteiger partial charge >= 0.3 is 0 Å². The highest BCUT2D eigenvalue weighted by molar-refractivity contribution is 5.68. The molecule has 1 unspecified atom stereocenters. The topological polar surface area (TPSA) is 48.9 Å². The molecule has 0 fully saturated rings. The molecule has 0 aromatic carbocycles. The third-order valence-corrected chi connectivity index (χ3v) is 1.58. The Balaban J connectivity index is 2.84. The number of aryl methyl sites for hydroxylation is 1. The predicted octanol–water partition coefficient (Wildman–Crippen LogP) is -1.38. The summed E-state index contributed by atoms with van der Waals surface area (Å²) in [6.07, 6.45) is 5.17. The zero-order chi connectivity index (χ0) is 8.43. The van der Waals surface area contributed by atoms with Crippen LogP contribution in [0.1, 0.15) is 13.0 Å². The number of hydrogen-bond donors (Lipinski definition) is 0. The Labute approximate surface area is 64.7 Å². The number of nitrogens with zero attached hydrogens (tertiary/aromatic N) is 2. The largest absolute Gasteiger partial charge is 0.546 e. The smallest absolute Gasteiger partial charge is 0.244 e. The maximum atomic E-state index is 10.4. The molecule has 0 spiro atoms. The van der Waals surface area contributed by atoms with Crippen LogP contribution in [0.15, 0.2) is 18.7 Å². The van der Waals surface area contributed by atoms with E-state index in [1.54, 1.807) is 34.8 Å². The average Bonchev–Trinajstić information content (AvgIpc) is 2.34. The summed E-state index contributed by atoms with van der Waals surface area (Å²) >= 11 is 0.